The Labute approximate surface area is 107 Å². The van der Waals surface area contributed by atoms with Crippen LogP contribution in [0.2, 0.25) is 0 Å². The lowest BCUT2D eigenvalue weighted by atomic mass is 10.1. The molecule has 0 aliphatic carbocycles. The molecule has 0 saturated heterocycles. The van der Waals surface area contributed by atoms with Crippen LogP contribution in [0.25, 0.3) is 11.1 Å². The minimum absolute atomic E-state index is 0.0931. The van der Waals surface area contributed by atoms with E-state index in [9.17, 15) is 9.59 Å². The van der Waals surface area contributed by atoms with Gasteiger partial charge >= 0.3 is 5.76 Å². The van der Waals surface area contributed by atoms with Crippen molar-refractivity contribution in [1.29, 1.82) is 0 Å². The van der Waals surface area contributed by atoms with Crippen molar-refractivity contribution in [3.8, 4) is 0 Å². The minimum Gasteiger partial charge on any atom is -0.408 e. The molecule has 6 nitrogen and oxygen atoms in total. The van der Waals surface area contributed by atoms with Crippen LogP contribution in [0, 0.1) is 0 Å². The molecule has 0 amide bonds. The molecule has 0 spiro atoms. The Morgan fingerprint density at radius 3 is 3.00 bits per heavy atom. The van der Waals surface area contributed by atoms with Gasteiger partial charge < -0.3 is 4.42 Å². The summed E-state index contributed by atoms with van der Waals surface area (Å²) in [6.07, 6.45) is 3.17. The minimum atomic E-state index is -0.532. The van der Waals surface area contributed by atoms with E-state index in [4.69, 9.17) is 4.42 Å². The van der Waals surface area contributed by atoms with Crippen molar-refractivity contribution in [2.24, 2.45) is 0 Å². The summed E-state index contributed by atoms with van der Waals surface area (Å²) in [5.41, 5.74) is 2.08. The van der Waals surface area contributed by atoms with E-state index >= 15 is 0 Å². The van der Waals surface area contributed by atoms with Gasteiger partial charge in [-0.2, -0.15) is 0 Å². The van der Waals surface area contributed by atoms with Crippen LogP contribution in [0.1, 0.15) is 16.1 Å². The quantitative estimate of drug-likeness (QED) is 0.713. The fourth-order valence-electron chi connectivity index (χ4n) is 1.81. The topological polar surface area (TPSA) is 88.9 Å². The third-order valence-corrected chi connectivity index (χ3v) is 2.73. The molecule has 2 aromatic heterocycles. The van der Waals surface area contributed by atoms with Gasteiger partial charge in [0.15, 0.2) is 11.4 Å². The van der Waals surface area contributed by atoms with E-state index in [1.54, 1.807) is 30.5 Å². The highest BCUT2D eigenvalue weighted by molar-refractivity contribution is 5.99. The SMILES string of the molecule is O=C(Cc1ccncn1)c1ccc2[nH]c(=O)oc2c1. The fraction of sp³-hybridized carbons (Fsp3) is 0.0769. The number of carbonyl (C=O) groups is 1. The Balaban J connectivity index is 1.91. The van der Waals surface area contributed by atoms with Gasteiger partial charge in [-0.3, -0.25) is 9.78 Å². The predicted molar refractivity (Wildman–Crippen MR) is 66.9 cm³/mol. The molecule has 3 rings (SSSR count). The first-order valence-electron chi connectivity index (χ1n) is 5.63. The molecular weight excluding hydrogens is 246 g/mol. The lowest BCUT2D eigenvalue weighted by Gasteiger charge is -2.00. The van der Waals surface area contributed by atoms with E-state index in [-0.39, 0.29) is 12.2 Å². The van der Waals surface area contributed by atoms with E-state index in [2.05, 4.69) is 15.0 Å². The summed E-state index contributed by atoms with van der Waals surface area (Å²) in [6.45, 7) is 0. The number of hydrogen-bond acceptors (Lipinski definition) is 5. The monoisotopic (exact) mass is 255 g/mol. The van der Waals surface area contributed by atoms with Gasteiger partial charge in [-0.25, -0.2) is 14.8 Å². The molecule has 0 fully saturated rings. The number of aromatic amines is 1. The first-order valence-corrected chi connectivity index (χ1v) is 5.63. The smallest absolute Gasteiger partial charge is 0.408 e. The average Bonchev–Trinajstić information content (AvgIpc) is 2.78. The van der Waals surface area contributed by atoms with Gasteiger partial charge in [-0.15, -0.1) is 0 Å². The van der Waals surface area contributed by atoms with Crippen LogP contribution in [-0.4, -0.2) is 20.7 Å². The molecule has 1 N–H and O–H groups in total. The van der Waals surface area contributed by atoms with Crippen LogP contribution in [0.3, 0.4) is 0 Å². The van der Waals surface area contributed by atoms with E-state index in [1.165, 1.54) is 6.33 Å². The second kappa shape index (κ2) is 4.49. The number of benzene rings is 1. The molecule has 3 aromatic rings. The number of nitrogens with zero attached hydrogens (tertiary/aromatic N) is 2. The van der Waals surface area contributed by atoms with Crippen LogP contribution in [-0.2, 0) is 6.42 Å². The van der Waals surface area contributed by atoms with Crippen molar-refractivity contribution < 1.29 is 9.21 Å². The first kappa shape index (κ1) is 11.3. The second-order valence-corrected chi connectivity index (χ2v) is 4.03. The van der Waals surface area contributed by atoms with Crippen molar-refractivity contribution in [2.75, 3.05) is 0 Å². The van der Waals surface area contributed by atoms with Crippen LogP contribution >= 0.6 is 0 Å². The molecule has 0 saturated carbocycles. The number of H-pyrrole nitrogens is 1. The van der Waals surface area contributed by atoms with Crippen LogP contribution in [0.5, 0.6) is 0 Å². The molecule has 0 bridgehead atoms. The Bertz CT molecular complexity index is 790. The van der Waals surface area contributed by atoms with Gasteiger partial charge in [0.25, 0.3) is 0 Å². The van der Waals surface area contributed by atoms with Crippen molar-refractivity contribution in [3.05, 3.63) is 58.6 Å². The number of aromatic nitrogens is 3. The molecule has 94 valence electrons. The number of nitrogens with one attached hydrogen (secondary N) is 1. The third-order valence-electron chi connectivity index (χ3n) is 2.73. The summed E-state index contributed by atoms with van der Waals surface area (Å²) in [6, 6.07) is 6.54. The maximum Gasteiger partial charge on any atom is 0.417 e. The fourth-order valence-corrected chi connectivity index (χ4v) is 1.81. The summed E-state index contributed by atoms with van der Waals surface area (Å²) in [7, 11) is 0. The third kappa shape index (κ3) is 2.28. The molecule has 6 heteroatoms. The molecule has 19 heavy (non-hydrogen) atoms. The molecule has 0 radical (unpaired) electrons. The van der Waals surface area contributed by atoms with Crippen molar-refractivity contribution in [3.63, 3.8) is 0 Å². The Morgan fingerprint density at radius 2 is 2.21 bits per heavy atom. The van der Waals surface area contributed by atoms with Crippen LogP contribution in [0.4, 0.5) is 0 Å². The van der Waals surface area contributed by atoms with E-state index in [0.29, 0.717) is 22.4 Å². The van der Waals surface area contributed by atoms with Crippen molar-refractivity contribution >= 4 is 16.9 Å². The summed E-state index contributed by atoms with van der Waals surface area (Å²) in [5, 5.41) is 0. The molecular formula is C13H9N3O3. The molecule has 0 aliphatic rings. The number of carbonyl (C=O) groups excluding carboxylic acids is 1. The zero-order valence-corrected chi connectivity index (χ0v) is 9.79. The normalized spacial score (nSPS) is 10.7. The maximum absolute atomic E-state index is 12.1. The van der Waals surface area contributed by atoms with Crippen molar-refractivity contribution in [2.45, 2.75) is 6.42 Å². The van der Waals surface area contributed by atoms with Gasteiger partial charge in [-0.1, -0.05) is 0 Å². The molecule has 0 atom stereocenters. The second-order valence-electron chi connectivity index (χ2n) is 4.03. The summed E-state index contributed by atoms with van der Waals surface area (Å²) in [5.74, 6) is -0.625. The molecule has 0 unspecified atom stereocenters. The first-order chi connectivity index (χ1) is 9.22. The number of Topliss-reactive ketones (excluding diaryl/α,β-unsaturated/α-hetero) is 1. The molecule has 0 aliphatic heterocycles. The van der Waals surface area contributed by atoms with Gasteiger partial charge in [0.2, 0.25) is 0 Å². The number of fused-ring (bicyclic) bond motifs is 1. The number of hydrogen-bond donors (Lipinski definition) is 1. The summed E-state index contributed by atoms with van der Waals surface area (Å²) in [4.78, 5) is 33.4. The van der Waals surface area contributed by atoms with E-state index < -0.39 is 5.76 Å². The highest BCUT2D eigenvalue weighted by Gasteiger charge is 2.10. The van der Waals surface area contributed by atoms with Gasteiger partial charge in [0.05, 0.1) is 17.6 Å². The number of ketones is 1. The zero-order chi connectivity index (χ0) is 13.2. The lowest BCUT2D eigenvalue weighted by molar-refractivity contribution is 0.0992. The van der Waals surface area contributed by atoms with Gasteiger partial charge in [-0.05, 0) is 24.3 Å². The van der Waals surface area contributed by atoms with Crippen molar-refractivity contribution in [1.82, 2.24) is 15.0 Å². The van der Waals surface area contributed by atoms with Crippen LogP contribution < -0.4 is 5.76 Å². The standard InChI is InChI=1S/C13H9N3O3/c17-11(6-9-3-4-14-7-15-9)8-1-2-10-12(5-8)19-13(18)16-10/h1-5,7H,6H2,(H,16,18). The predicted octanol–water partition coefficient (Wildman–Crippen LogP) is 1.34. The summed E-state index contributed by atoms with van der Waals surface area (Å²) >= 11 is 0. The average molecular weight is 255 g/mol. The number of rotatable bonds is 3. The Hall–Kier alpha value is -2.76. The molecule has 2 heterocycles. The van der Waals surface area contributed by atoms with Gasteiger partial charge in [0, 0.05) is 11.8 Å². The highest BCUT2D eigenvalue weighted by Crippen LogP contribution is 2.14. The van der Waals surface area contributed by atoms with E-state index in [1.807, 2.05) is 0 Å². The summed E-state index contributed by atoms with van der Waals surface area (Å²) < 4.78 is 4.92. The molecule has 1 aromatic carbocycles. The van der Waals surface area contributed by atoms with Gasteiger partial charge in [0.1, 0.15) is 6.33 Å². The largest absolute Gasteiger partial charge is 0.417 e. The van der Waals surface area contributed by atoms with Crippen LogP contribution in [0.15, 0.2) is 46.0 Å². The Morgan fingerprint density at radius 1 is 1.32 bits per heavy atom. The Kier molecular flexibility index (Phi) is 2.68. The highest BCUT2D eigenvalue weighted by atomic mass is 16.4. The maximum atomic E-state index is 12.1. The van der Waals surface area contributed by atoms with E-state index in [0.717, 1.165) is 0 Å². The lowest BCUT2D eigenvalue weighted by Crippen LogP contribution is -2.04. The number of oxazole rings is 1. The zero-order valence-electron chi connectivity index (χ0n) is 9.79.